The first-order chi connectivity index (χ1) is 15.4. The lowest BCUT2D eigenvalue weighted by atomic mass is 10.0. The maximum Gasteiger partial charge on any atom is 0.329 e. The maximum absolute atomic E-state index is 12.8. The van der Waals surface area contributed by atoms with E-state index in [9.17, 15) is 22.8 Å². The molecule has 0 aliphatic rings. The van der Waals surface area contributed by atoms with Gasteiger partial charge in [0.05, 0.1) is 4.90 Å². The van der Waals surface area contributed by atoms with Gasteiger partial charge in [-0.2, -0.15) is 9.57 Å². The number of nitriles is 1. The van der Waals surface area contributed by atoms with Gasteiger partial charge in [-0.15, -0.1) is 0 Å². The minimum absolute atomic E-state index is 0.00630. The molecular weight excluding hydrogens is 448 g/mol. The number of amides is 1. The summed E-state index contributed by atoms with van der Waals surface area (Å²) in [6.45, 7) is 8.00. The van der Waals surface area contributed by atoms with E-state index in [1.807, 2.05) is 0 Å². The molecule has 0 bridgehead atoms. The molecule has 180 valence electrons. The number of nitrogens with two attached hydrogens (primary N) is 1. The fourth-order valence-electron chi connectivity index (χ4n) is 2.90. The van der Waals surface area contributed by atoms with Gasteiger partial charge in [0.1, 0.15) is 17.7 Å². The van der Waals surface area contributed by atoms with E-state index >= 15 is 0 Å². The van der Waals surface area contributed by atoms with Crippen LogP contribution in [-0.2, 0) is 24.3 Å². The summed E-state index contributed by atoms with van der Waals surface area (Å²) < 4.78 is 31.7. The van der Waals surface area contributed by atoms with Gasteiger partial charge in [-0.1, -0.05) is 33.8 Å². The number of hydrogen-bond donors (Lipinski definition) is 2. The van der Waals surface area contributed by atoms with Gasteiger partial charge in [0.2, 0.25) is 15.8 Å². The average molecular weight is 479 g/mol. The van der Waals surface area contributed by atoms with Gasteiger partial charge in [-0.3, -0.25) is 9.59 Å². The quantitative estimate of drug-likeness (QED) is 0.274. The summed E-state index contributed by atoms with van der Waals surface area (Å²) in [6, 6.07) is 6.05. The van der Waals surface area contributed by atoms with E-state index in [1.165, 1.54) is 35.5 Å². The number of ketones is 1. The standard InChI is InChI=1S/C22H30N4O6S/c1-6-26(7-2)33(30,31)17-10-8-9-16(11-17)21(28)25-20(14(3)4)22(29)32-13-19(27)18(12-23)15(5)24/h8-11,14,20H,6-7,13,24H2,1-5H3,(H,25,28)/b18-15-/t20-/m0/s1. The molecule has 10 nitrogen and oxygen atoms in total. The van der Waals surface area contributed by atoms with Crippen molar-refractivity contribution in [1.82, 2.24) is 9.62 Å². The van der Waals surface area contributed by atoms with Crippen molar-refractivity contribution in [3.05, 3.63) is 41.1 Å². The van der Waals surface area contributed by atoms with Gasteiger partial charge >= 0.3 is 5.97 Å². The second kappa shape index (κ2) is 12.1. The number of ether oxygens (including phenoxy) is 1. The number of hydrogen-bond acceptors (Lipinski definition) is 8. The Balaban J connectivity index is 3.03. The van der Waals surface area contributed by atoms with Crippen LogP contribution in [-0.4, -0.2) is 56.1 Å². The van der Waals surface area contributed by atoms with Crippen LogP contribution in [0.1, 0.15) is 45.0 Å². The molecule has 0 aliphatic carbocycles. The second-order valence-electron chi connectivity index (χ2n) is 7.51. The van der Waals surface area contributed by atoms with Crippen molar-refractivity contribution in [3.8, 4) is 6.07 Å². The molecule has 33 heavy (non-hydrogen) atoms. The van der Waals surface area contributed by atoms with Crippen LogP contribution >= 0.6 is 0 Å². The van der Waals surface area contributed by atoms with Crippen LogP contribution in [0.5, 0.6) is 0 Å². The van der Waals surface area contributed by atoms with Crippen molar-refractivity contribution < 1.29 is 27.5 Å². The Hall–Kier alpha value is -3.23. The highest BCUT2D eigenvalue weighted by Gasteiger charge is 2.28. The number of sulfonamides is 1. The highest BCUT2D eigenvalue weighted by atomic mass is 32.2. The van der Waals surface area contributed by atoms with Crippen molar-refractivity contribution >= 4 is 27.7 Å². The molecule has 3 N–H and O–H groups in total. The Labute approximate surface area is 194 Å². The molecule has 1 amide bonds. The van der Waals surface area contributed by atoms with Crippen LogP contribution in [0.15, 0.2) is 40.4 Å². The monoisotopic (exact) mass is 478 g/mol. The van der Waals surface area contributed by atoms with Gasteiger partial charge in [0.25, 0.3) is 5.91 Å². The summed E-state index contributed by atoms with van der Waals surface area (Å²) in [5, 5.41) is 11.5. The van der Waals surface area contributed by atoms with E-state index in [2.05, 4.69) is 5.32 Å². The minimum atomic E-state index is -3.77. The molecule has 1 atom stereocenters. The van der Waals surface area contributed by atoms with E-state index in [0.29, 0.717) is 0 Å². The fraction of sp³-hybridized carbons (Fsp3) is 0.455. The number of esters is 1. The van der Waals surface area contributed by atoms with Crippen molar-refractivity contribution in [2.45, 2.75) is 45.6 Å². The van der Waals surface area contributed by atoms with Gasteiger partial charge in [0.15, 0.2) is 6.61 Å². The van der Waals surface area contributed by atoms with Crippen molar-refractivity contribution in [2.75, 3.05) is 19.7 Å². The predicted octanol–water partition coefficient (Wildman–Crippen LogP) is 1.34. The molecule has 0 saturated heterocycles. The molecular formula is C22H30N4O6S. The zero-order valence-electron chi connectivity index (χ0n) is 19.4. The Kier molecular flexibility index (Phi) is 10.2. The number of allylic oxidation sites excluding steroid dienone is 1. The predicted molar refractivity (Wildman–Crippen MR) is 121 cm³/mol. The molecule has 0 radical (unpaired) electrons. The number of rotatable bonds is 11. The first-order valence-electron chi connectivity index (χ1n) is 10.4. The van der Waals surface area contributed by atoms with E-state index in [0.717, 1.165) is 0 Å². The molecule has 0 heterocycles. The van der Waals surface area contributed by atoms with E-state index < -0.39 is 46.2 Å². The zero-order valence-corrected chi connectivity index (χ0v) is 20.2. The molecule has 0 fully saturated rings. The first kappa shape index (κ1) is 27.8. The lowest BCUT2D eigenvalue weighted by Crippen LogP contribution is -2.45. The normalized spacial score (nSPS) is 13.2. The van der Waals surface area contributed by atoms with Crippen LogP contribution in [0.2, 0.25) is 0 Å². The van der Waals surface area contributed by atoms with Crippen LogP contribution in [0.4, 0.5) is 0 Å². The maximum atomic E-state index is 12.8. The topological polar surface area (TPSA) is 160 Å². The van der Waals surface area contributed by atoms with E-state index in [1.54, 1.807) is 33.8 Å². The zero-order chi connectivity index (χ0) is 25.3. The smallest absolute Gasteiger partial charge is 0.329 e. The highest BCUT2D eigenvalue weighted by Crippen LogP contribution is 2.17. The van der Waals surface area contributed by atoms with Crippen LogP contribution in [0.3, 0.4) is 0 Å². The van der Waals surface area contributed by atoms with Crippen LogP contribution in [0.25, 0.3) is 0 Å². The van der Waals surface area contributed by atoms with E-state index in [-0.39, 0.29) is 34.8 Å². The van der Waals surface area contributed by atoms with Gasteiger partial charge in [-0.05, 0) is 31.0 Å². The first-order valence-corrected chi connectivity index (χ1v) is 11.8. The summed E-state index contributed by atoms with van der Waals surface area (Å²) in [5.74, 6) is -2.70. The van der Waals surface area contributed by atoms with E-state index in [4.69, 9.17) is 15.7 Å². The Morgan fingerprint density at radius 3 is 2.30 bits per heavy atom. The molecule has 0 aliphatic heterocycles. The SMILES string of the molecule is CCN(CC)S(=O)(=O)c1cccc(C(=O)N[C@H](C(=O)OCC(=O)/C(C#N)=C(/C)N)C(C)C)c1. The number of benzene rings is 1. The lowest BCUT2D eigenvalue weighted by Gasteiger charge is -2.21. The van der Waals surface area contributed by atoms with Crippen molar-refractivity contribution in [3.63, 3.8) is 0 Å². The molecule has 11 heteroatoms. The summed E-state index contributed by atoms with van der Waals surface area (Å²) in [6.07, 6.45) is 0. The summed E-state index contributed by atoms with van der Waals surface area (Å²) in [4.78, 5) is 37.2. The van der Waals surface area contributed by atoms with Crippen molar-refractivity contribution in [1.29, 1.82) is 5.26 Å². The van der Waals surface area contributed by atoms with Crippen molar-refractivity contribution in [2.24, 2.45) is 11.7 Å². The number of nitrogens with one attached hydrogen (secondary N) is 1. The summed E-state index contributed by atoms with van der Waals surface area (Å²) in [5.41, 5.74) is 5.21. The fourth-order valence-corrected chi connectivity index (χ4v) is 4.41. The van der Waals surface area contributed by atoms with Gasteiger partial charge in [0, 0.05) is 24.4 Å². The number of Topliss-reactive ketones (excluding diaryl/α,β-unsaturated/α-hetero) is 1. The third kappa shape index (κ3) is 7.13. The van der Waals surface area contributed by atoms with Crippen LogP contribution < -0.4 is 11.1 Å². The number of nitrogens with zero attached hydrogens (tertiary/aromatic N) is 2. The highest BCUT2D eigenvalue weighted by molar-refractivity contribution is 7.89. The largest absolute Gasteiger partial charge is 0.456 e. The molecule has 0 spiro atoms. The molecule has 1 rings (SSSR count). The Morgan fingerprint density at radius 2 is 1.82 bits per heavy atom. The molecule has 0 saturated carbocycles. The second-order valence-corrected chi connectivity index (χ2v) is 9.45. The van der Waals surface area contributed by atoms with Gasteiger partial charge in [-0.25, -0.2) is 13.2 Å². The molecule has 0 unspecified atom stereocenters. The Morgan fingerprint density at radius 1 is 1.21 bits per heavy atom. The number of carbonyl (C=O) groups is 3. The molecule has 0 aromatic heterocycles. The molecule has 1 aromatic rings. The third-order valence-electron chi connectivity index (χ3n) is 4.78. The average Bonchev–Trinajstić information content (AvgIpc) is 2.76. The third-order valence-corrected chi connectivity index (χ3v) is 6.82. The summed E-state index contributed by atoms with van der Waals surface area (Å²) >= 11 is 0. The Bertz CT molecular complexity index is 1060. The van der Waals surface area contributed by atoms with Crippen LogP contribution in [0, 0.1) is 17.2 Å². The number of carbonyl (C=O) groups excluding carboxylic acids is 3. The summed E-state index contributed by atoms with van der Waals surface area (Å²) in [7, 11) is -3.77. The van der Waals surface area contributed by atoms with Gasteiger partial charge < -0.3 is 15.8 Å². The lowest BCUT2D eigenvalue weighted by molar-refractivity contribution is -0.150. The minimum Gasteiger partial charge on any atom is -0.456 e. The molecule has 1 aromatic carbocycles.